The molecule has 0 amide bonds. The zero-order valence-electron chi connectivity index (χ0n) is 33.5. The lowest BCUT2D eigenvalue weighted by atomic mass is 10.1. The van der Waals surface area contributed by atoms with Gasteiger partial charge in [0, 0.05) is 16.5 Å². The summed E-state index contributed by atoms with van der Waals surface area (Å²) in [6, 6.07) is 14.1. The normalized spacial score (nSPS) is 11.5. The van der Waals surface area contributed by atoms with E-state index in [-0.39, 0.29) is 5.78 Å². The second-order valence-corrected chi connectivity index (χ2v) is 16.3. The van der Waals surface area contributed by atoms with Crippen molar-refractivity contribution in [2.24, 2.45) is 5.92 Å². The molecule has 2 rings (SSSR count). The third kappa shape index (κ3) is 24.6. The van der Waals surface area contributed by atoms with Crippen molar-refractivity contribution >= 4 is 23.6 Å². The molecular formula is C47H76O3S. The van der Waals surface area contributed by atoms with Crippen LogP contribution >= 0.6 is 11.8 Å². The SMILES string of the molecule is CCCCCCCCCCCCCOc1cc(/C=C/C(=O)c2ccc(SCCCC(C)C)cc2)cc(OCCCCCCCCCCCCC)c1. The maximum atomic E-state index is 13.1. The van der Waals surface area contributed by atoms with E-state index in [4.69, 9.17) is 9.47 Å². The summed E-state index contributed by atoms with van der Waals surface area (Å²) in [6.07, 6.45) is 35.2. The van der Waals surface area contributed by atoms with Crippen LogP contribution in [-0.2, 0) is 0 Å². The first kappa shape index (κ1) is 45.0. The molecule has 0 atom stereocenters. The van der Waals surface area contributed by atoms with Gasteiger partial charge in [0.1, 0.15) is 11.5 Å². The molecule has 4 heteroatoms. The molecule has 0 spiro atoms. The highest BCUT2D eigenvalue weighted by molar-refractivity contribution is 7.99. The summed E-state index contributed by atoms with van der Waals surface area (Å²) in [5.41, 5.74) is 1.65. The highest BCUT2D eigenvalue weighted by Crippen LogP contribution is 2.26. The quantitative estimate of drug-likeness (QED) is 0.0312. The first-order chi connectivity index (χ1) is 25.0. The van der Waals surface area contributed by atoms with Crippen LogP contribution in [0.3, 0.4) is 0 Å². The molecule has 51 heavy (non-hydrogen) atoms. The third-order valence-electron chi connectivity index (χ3n) is 9.70. The molecule has 0 aliphatic rings. The Balaban J connectivity index is 1.83. The lowest BCUT2D eigenvalue weighted by Crippen LogP contribution is -2.01. The molecule has 0 bridgehead atoms. The van der Waals surface area contributed by atoms with Gasteiger partial charge in [-0.05, 0) is 79.0 Å². The lowest BCUT2D eigenvalue weighted by molar-refractivity contribution is 0.104. The van der Waals surface area contributed by atoms with Crippen molar-refractivity contribution in [2.45, 2.75) is 187 Å². The van der Waals surface area contributed by atoms with E-state index in [2.05, 4.69) is 39.8 Å². The van der Waals surface area contributed by atoms with E-state index in [9.17, 15) is 4.79 Å². The smallest absolute Gasteiger partial charge is 0.185 e. The third-order valence-corrected chi connectivity index (χ3v) is 10.8. The Kier molecular flexibility index (Phi) is 27.6. The number of carbonyl (C=O) groups is 1. The molecule has 0 unspecified atom stereocenters. The largest absolute Gasteiger partial charge is 0.493 e. The van der Waals surface area contributed by atoms with Crippen LogP contribution in [0.15, 0.2) is 53.4 Å². The summed E-state index contributed by atoms with van der Waals surface area (Å²) >= 11 is 1.87. The number of hydrogen-bond acceptors (Lipinski definition) is 4. The van der Waals surface area contributed by atoms with Crippen molar-refractivity contribution in [1.29, 1.82) is 0 Å². The van der Waals surface area contributed by atoms with Crippen LogP contribution in [0.1, 0.15) is 198 Å². The number of rotatable bonds is 34. The molecule has 0 aliphatic carbocycles. The molecule has 0 fully saturated rings. The molecule has 0 radical (unpaired) electrons. The Morgan fingerprint density at radius 2 is 1.02 bits per heavy atom. The molecule has 0 saturated heterocycles. The zero-order chi connectivity index (χ0) is 36.6. The fourth-order valence-corrected chi connectivity index (χ4v) is 7.31. The molecule has 0 aliphatic heterocycles. The molecule has 0 aromatic heterocycles. The minimum atomic E-state index is 0.0158. The van der Waals surface area contributed by atoms with Gasteiger partial charge in [0.05, 0.1) is 13.2 Å². The number of thioether (sulfide) groups is 1. The van der Waals surface area contributed by atoms with Crippen LogP contribution in [0.25, 0.3) is 6.08 Å². The van der Waals surface area contributed by atoms with Gasteiger partial charge in [-0.15, -0.1) is 11.8 Å². The number of carbonyl (C=O) groups excluding carboxylic acids is 1. The topological polar surface area (TPSA) is 35.5 Å². The minimum absolute atomic E-state index is 0.0158. The van der Waals surface area contributed by atoms with Gasteiger partial charge in [0.15, 0.2) is 5.78 Å². The van der Waals surface area contributed by atoms with Gasteiger partial charge in [0.2, 0.25) is 0 Å². The summed E-state index contributed by atoms with van der Waals surface area (Å²) in [5, 5.41) is 0. The lowest BCUT2D eigenvalue weighted by Gasteiger charge is -2.12. The standard InChI is InChI=1S/C47H76O3S/c1-5-7-9-11-13-15-17-19-21-23-25-35-49-44-38-42(29-34-47(48)43-30-32-46(33-31-43)51-37-27-28-41(3)4)39-45(40-44)50-36-26-24-22-20-18-16-14-12-10-8-6-2/h29-34,38-41H,5-28,35-37H2,1-4H3/b34-29+. The Labute approximate surface area is 319 Å². The van der Waals surface area contributed by atoms with Gasteiger partial charge in [-0.3, -0.25) is 4.79 Å². The van der Waals surface area contributed by atoms with Crippen LogP contribution in [0.4, 0.5) is 0 Å². The van der Waals surface area contributed by atoms with Crippen LogP contribution in [-0.4, -0.2) is 24.7 Å². The predicted octanol–water partition coefficient (Wildman–Crippen LogP) is 15.5. The average molecular weight is 721 g/mol. The van der Waals surface area contributed by atoms with Gasteiger partial charge < -0.3 is 9.47 Å². The van der Waals surface area contributed by atoms with Gasteiger partial charge >= 0.3 is 0 Å². The van der Waals surface area contributed by atoms with E-state index in [1.807, 2.05) is 48.2 Å². The van der Waals surface area contributed by atoms with Crippen molar-refractivity contribution in [1.82, 2.24) is 0 Å². The molecule has 2 aromatic rings. The number of unbranched alkanes of at least 4 members (excludes halogenated alkanes) is 20. The summed E-state index contributed by atoms with van der Waals surface area (Å²) in [7, 11) is 0. The summed E-state index contributed by atoms with van der Waals surface area (Å²) < 4.78 is 12.5. The van der Waals surface area contributed by atoms with Gasteiger partial charge in [-0.2, -0.15) is 0 Å². The molecular weight excluding hydrogens is 645 g/mol. The van der Waals surface area contributed by atoms with Gasteiger partial charge in [-0.1, -0.05) is 169 Å². The van der Waals surface area contributed by atoms with Crippen molar-refractivity contribution in [2.75, 3.05) is 19.0 Å². The molecule has 0 saturated carbocycles. The highest BCUT2D eigenvalue weighted by atomic mass is 32.2. The Morgan fingerprint density at radius 3 is 1.45 bits per heavy atom. The molecule has 3 nitrogen and oxygen atoms in total. The fraction of sp³-hybridized carbons (Fsp3) is 0.681. The molecule has 2 aromatic carbocycles. The van der Waals surface area contributed by atoms with Gasteiger partial charge in [0.25, 0.3) is 0 Å². The average Bonchev–Trinajstić information content (AvgIpc) is 3.13. The Hall–Kier alpha value is -2.20. The number of ether oxygens (including phenoxy) is 2. The van der Waals surface area contributed by atoms with Crippen LogP contribution < -0.4 is 9.47 Å². The monoisotopic (exact) mass is 721 g/mol. The maximum Gasteiger partial charge on any atom is 0.185 e. The van der Waals surface area contributed by atoms with E-state index in [1.165, 1.54) is 146 Å². The second-order valence-electron chi connectivity index (χ2n) is 15.1. The molecule has 0 heterocycles. The van der Waals surface area contributed by atoms with E-state index in [0.717, 1.165) is 47.1 Å². The molecule has 288 valence electrons. The van der Waals surface area contributed by atoms with Gasteiger partial charge in [-0.25, -0.2) is 0 Å². The first-order valence-corrected chi connectivity index (χ1v) is 22.4. The van der Waals surface area contributed by atoms with Crippen molar-refractivity contribution in [3.8, 4) is 11.5 Å². The first-order valence-electron chi connectivity index (χ1n) is 21.4. The van der Waals surface area contributed by atoms with Crippen LogP contribution in [0, 0.1) is 5.92 Å². The summed E-state index contributed by atoms with van der Waals surface area (Å²) in [5.74, 6) is 3.53. The number of hydrogen-bond donors (Lipinski definition) is 0. The minimum Gasteiger partial charge on any atom is -0.493 e. The second kappa shape index (κ2) is 31.3. The Morgan fingerprint density at radius 1 is 0.588 bits per heavy atom. The van der Waals surface area contributed by atoms with E-state index >= 15 is 0 Å². The van der Waals surface area contributed by atoms with E-state index in [0.29, 0.717) is 13.2 Å². The summed E-state index contributed by atoms with van der Waals surface area (Å²) in [4.78, 5) is 14.3. The van der Waals surface area contributed by atoms with Crippen LogP contribution in [0.5, 0.6) is 11.5 Å². The van der Waals surface area contributed by atoms with Crippen LogP contribution in [0.2, 0.25) is 0 Å². The van der Waals surface area contributed by atoms with E-state index in [1.54, 1.807) is 6.08 Å². The predicted molar refractivity (Wildman–Crippen MR) is 225 cm³/mol. The van der Waals surface area contributed by atoms with Crippen molar-refractivity contribution < 1.29 is 14.3 Å². The summed E-state index contributed by atoms with van der Waals surface area (Å²) in [6.45, 7) is 10.5. The number of benzene rings is 2. The Bertz CT molecular complexity index is 1090. The number of allylic oxidation sites excluding steroid dienone is 1. The number of ketones is 1. The molecule has 0 N–H and O–H groups in total. The zero-order valence-corrected chi connectivity index (χ0v) is 34.3. The van der Waals surface area contributed by atoms with Crippen molar-refractivity contribution in [3.05, 3.63) is 59.7 Å². The fourth-order valence-electron chi connectivity index (χ4n) is 6.43. The van der Waals surface area contributed by atoms with Crippen molar-refractivity contribution in [3.63, 3.8) is 0 Å². The maximum absolute atomic E-state index is 13.1. The highest BCUT2D eigenvalue weighted by Gasteiger charge is 2.06. The van der Waals surface area contributed by atoms with E-state index < -0.39 is 0 Å².